The Morgan fingerprint density at radius 2 is 2.37 bits per heavy atom. The molecule has 0 spiro atoms. The molecule has 1 unspecified atom stereocenters. The average molecular weight is 281 g/mol. The van der Waals surface area contributed by atoms with E-state index < -0.39 is 4.92 Å². The Morgan fingerprint density at radius 1 is 1.58 bits per heavy atom. The minimum absolute atomic E-state index is 0.00588. The lowest BCUT2D eigenvalue weighted by atomic mass is 10.3. The summed E-state index contributed by atoms with van der Waals surface area (Å²) in [5.41, 5.74) is 1.05. The monoisotopic (exact) mass is 281 g/mol. The number of oxazole rings is 1. The van der Waals surface area contributed by atoms with Gasteiger partial charge in [0.05, 0.1) is 11.0 Å². The summed E-state index contributed by atoms with van der Waals surface area (Å²) in [5, 5.41) is 13.9. The molecule has 0 aliphatic carbocycles. The lowest BCUT2D eigenvalue weighted by Crippen LogP contribution is -2.21. The van der Waals surface area contributed by atoms with Crippen LogP contribution in [0.5, 0.6) is 0 Å². The Balaban J connectivity index is 2.23. The van der Waals surface area contributed by atoms with Crippen molar-refractivity contribution in [3.8, 4) is 0 Å². The van der Waals surface area contributed by atoms with E-state index in [4.69, 9.17) is 4.42 Å². The SMILES string of the molecule is CCC(CSC)Nc1nc2ccc([N+](=O)[O-])cc2o1. The van der Waals surface area contributed by atoms with Gasteiger partial charge in [0.1, 0.15) is 5.52 Å². The van der Waals surface area contributed by atoms with Crippen LogP contribution in [-0.4, -0.2) is 28.0 Å². The molecule has 1 aromatic carbocycles. The van der Waals surface area contributed by atoms with Gasteiger partial charge in [-0.15, -0.1) is 0 Å². The minimum atomic E-state index is -0.447. The van der Waals surface area contributed by atoms with Crippen LogP contribution in [0.2, 0.25) is 0 Å². The predicted octanol–water partition coefficient (Wildman–Crippen LogP) is 3.29. The Bertz CT molecular complexity index is 585. The van der Waals surface area contributed by atoms with Gasteiger partial charge in [0.15, 0.2) is 5.58 Å². The quantitative estimate of drug-likeness (QED) is 0.646. The number of rotatable bonds is 6. The molecule has 102 valence electrons. The van der Waals surface area contributed by atoms with E-state index in [2.05, 4.69) is 17.2 Å². The molecule has 0 saturated carbocycles. The molecule has 6 nitrogen and oxygen atoms in total. The van der Waals surface area contributed by atoms with Crippen LogP contribution in [0, 0.1) is 10.1 Å². The number of nitrogens with one attached hydrogen (secondary N) is 1. The van der Waals surface area contributed by atoms with Gasteiger partial charge in [-0.05, 0) is 18.7 Å². The zero-order valence-corrected chi connectivity index (χ0v) is 11.6. The lowest BCUT2D eigenvalue weighted by molar-refractivity contribution is -0.384. The summed E-state index contributed by atoms with van der Waals surface area (Å²) in [6.45, 7) is 2.08. The first-order valence-corrected chi connectivity index (χ1v) is 7.34. The van der Waals surface area contributed by atoms with E-state index in [9.17, 15) is 10.1 Å². The van der Waals surface area contributed by atoms with Crippen molar-refractivity contribution in [1.29, 1.82) is 0 Å². The first-order chi connectivity index (χ1) is 9.13. The molecule has 0 fully saturated rings. The molecule has 0 radical (unpaired) electrons. The van der Waals surface area contributed by atoms with E-state index in [1.165, 1.54) is 12.1 Å². The molecule has 2 rings (SSSR count). The first-order valence-electron chi connectivity index (χ1n) is 5.94. The number of nitro groups is 1. The average Bonchev–Trinajstić information content (AvgIpc) is 2.79. The maximum absolute atomic E-state index is 10.7. The van der Waals surface area contributed by atoms with E-state index in [1.807, 2.05) is 6.26 Å². The van der Waals surface area contributed by atoms with Gasteiger partial charge in [0.2, 0.25) is 0 Å². The highest BCUT2D eigenvalue weighted by Gasteiger charge is 2.13. The number of nitrogens with zero attached hydrogens (tertiary/aromatic N) is 2. The van der Waals surface area contributed by atoms with E-state index in [1.54, 1.807) is 17.8 Å². The van der Waals surface area contributed by atoms with E-state index >= 15 is 0 Å². The van der Waals surface area contributed by atoms with Gasteiger partial charge in [-0.2, -0.15) is 16.7 Å². The number of hydrogen-bond acceptors (Lipinski definition) is 6. The fraction of sp³-hybridized carbons (Fsp3) is 0.417. The second-order valence-electron chi connectivity index (χ2n) is 4.13. The summed E-state index contributed by atoms with van der Waals surface area (Å²) in [6, 6.07) is 5.10. The highest BCUT2D eigenvalue weighted by molar-refractivity contribution is 7.98. The molecule has 7 heteroatoms. The molecular weight excluding hydrogens is 266 g/mol. The van der Waals surface area contributed by atoms with Crippen molar-refractivity contribution in [3.05, 3.63) is 28.3 Å². The topological polar surface area (TPSA) is 81.2 Å². The van der Waals surface area contributed by atoms with E-state index in [0.717, 1.165) is 12.2 Å². The molecule has 0 saturated heterocycles. The molecule has 2 aromatic rings. The molecule has 1 N–H and O–H groups in total. The van der Waals surface area contributed by atoms with Gasteiger partial charge in [-0.1, -0.05) is 6.92 Å². The number of anilines is 1. The Labute approximate surface area is 114 Å². The number of nitro benzene ring substituents is 1. The summed E-state index contributed by atoms with van der Waals surface area (Å²) in [6.07, 6.45) is 3.00. The molecule has 0 aliphatic rings. The minimum Gasteiger partial charge on any atom is -0.423 e. The number of fused-ring (bicyclic) bond motifs is 1. The molecular formula is C12H15N3O3S. The van der Waals surface area contributed by atoms with Crippen LogP contribution in [-0.2, 0) is 0 Å². The van der Waals surface area contributed by atoms with Crippen LogP contribution in [0.1, 0.15) is 13.3 Å². The van der Waals surface area contributed by atoms with Crippen LogP contribution < -0.4 is 5.32 Å². The standard InChI is InChI=1S/C12H15N3O3S/c1-3-8(7-19-2)13-12-14-10-5-4-9(15(16)17)6-11(10)18-12/h4-6,8H,3,7H2,1-2H3,(H,13,14). The smallest absolute Gasteiger partial charge is 0.295 e. The Hall–Kier alpha value is -1.76. The molecule has 0 bridgehead atoms. The summed E-state index contributed by atoms with van der Waals surface area (Å²) in [7, 11) is 0. The maximum Gasteiger partial charge on any atom is 0.295 e. The van der Waals surface area contributed by atoms with Crippen molar-refractivity contribution in [2.45, 2.75) is 19.4 Å². The maximum atomic E-state index is 10.7. The van der Waals surface area contributed by atoms with Crippen molar-refractivity contribution in [2.24, 2.45) is 0 Å². The Morgan fingerprint density at radius 3 is 3.00 bits per heavy atom. The highest BCUT2D eigenvalue weighted by atomic mass is 32.2. The summed E-state index contributed by atoms with van der Waals surface area (Å²) in [4.78, 5) is 14.5. The third kappa shape index (κ3) is 3.17. The van der Waals surface area contributed by atoms with E-state index in [-0.39, 0.29) is 11.7 Å². The van der Waals surface area contributed by atoms with Gasteiger partial charge in [0, 0.05) is 17.9 Å². The van der Waals surface area contributed by atoms with Gasteiger partial charge >= 0.3 is 0 Å². The Kier molecular flexibility index (Phi) is 4.26. The van der Waals surface area contributed by atoms with Gasteiger partial charge in [0.25, 0.3) is 11.7 Å². The van der Waals surface area contributed by atoms with Gasteiger partial charge in [-0.25, -0.2) is 0 Å². The number of hydrogen-bond donors (Lipinski definition) is 1. The molecule has 1 atom stereocenters. The zero-order valence-electron chi connectivity index (χ0n) is 10.8. The zero-order chi connectivity index (χ0) is 13.8. The molecule has 0 aliphatic heterocycles. The predicted molar refractivity (Wildman–Crippen MR) is 76.7 cm³/mol. The van der Waals surface area contributed by atoms with Crippen molar-refractivity contribution in [2.75, 3.05) is 17.3 Å². The molecule has 1 heterocycles. The van der Waals surface area contributed by atoms with Crippen molar-refractivity contribution >= 4 is 34.6 Å². The fourth-order valence-electron chi connectivity index (χ4n) is 1.73. The lowest BCUT2D eigenvalue weighted by Gasteiger charge is -2.13. The van der Waals surface area contributed by atoms with Crippen LogP contribution in [0.15, 0.2) is 22.6 Å². The van der Waals surface area contributed by atoms with Crippen molar-refractivity contribution in [1.82, 2.24) is 4.98 Å². The largest absolute Gasteiger partial charge is 0.423 e. The molecule has 1 aromatic heterocycles. The van der Waals surface area contributed by atoms with Crippen LogP contribution >= 0.6 is 11.8 Å². The van der Waals surface area contributed by atoms with Crippen molar-refractivity contribution < 1.29 is 9.34 Å². The summed E-state index contributed by atoms with van der Waals surface area (Å²) >= 11 is 1.75. The number of non-ortho nitro benzene ring substituents is 1. The second-order valence-corrected chi connectivity index (χ2v) is 5.04. The fourth-order valence-corrected chi connectivity index (χ4v) is 2.45. The van der Waals surface area contributed by atoms with Gasteiger partial charge in [-0.3, -0.25) is 10.1 Å². The van der Waals surface area contributed by atoms with Crippen LogP contribution in [0.25, 0.3) is 11.1 Å². The van der Waals surface area contributed by atoms with Crippen LogP contribution in [0.3, 0.4) is 0 Å². The number of aromatic nitrogens is 1. The summed E-state index contributed by atoms with van der Waals surface area (Å²) < 4.78 is 5.50. The summed E-state index contributed by atoms with van der Waals surface area (Å²) in [5.74, 6) is 0.954. The third-order valence-electron chi connectivity index (χ3n) is 2.77. The third-order valence-corrected chi connectivity index (χ3v) is 3.51. The number of benzene rings is 1. The second kappa shape index (κ2) is 5.92. The van der Waals surface area contributed by atoms with E-state index in [0.29, 0.717) is 17.1 Å². The highest BCUT2D eigenvalue weighted by Crippen LogP contribution is 2.24. The van der Waals surface area contributed by atoms with Gasteiger partial charge < -0.3 is 9.73 Å². The molecule has 19 heavy (non-hydrogen) atoms. The number of thioether (sulfide) groups is 1. The first kappa shape index (κ1) is 13.7. The van der Waals surface area contributed by atoms with Crippen LogP contribution in [0.4, 0.5) is 11.7 Å². The molecule has 0 amide bonds. The van der Waals surface area contributed by atoms with Crippen molar-refractivity contribution in [3.63, 3.8) is 0 Å². The normalized spacial score (nSPS) is 12.5.